The van der Waals surface area contributed by atoms with Crippen molar-refractivity contribution in [1.82, 2.24) is 10.3 Å². The maximum atomic E-state index is 11.2. The van der Waals surface area contributed by atoms with Crippen LogP contribution in [0.3, 0.4) is 0 Å². The molecule has 0 atom stereocenters. The van der Waals surface area contributed by atoms with Crippen molar-refractivity contribution in [3.05, 3.63) is 35.9 Å². The number of nitrogens with zero attached hydrogens (tertiary/aromatic N) is 1. The van der Waals surface area contributed by atoms with E-state index in [-0.39, 0.29) is 12.3 Å². The summed E-state index contributed by atoms with van der Waals surface area (Å²) < 4.78 is 0. The number of aliphatic hydroxyl groups is 1. The third kappa shape index (κ3) is 4.02. The molecule has 1 aliphatic rings. The van der Waals surface area contributed by atoms with Gasteiger partial charge in [0.15, 0.2) is 0 Å². The summed E-state index contributed by atoms with van der Waals surface area (Å²) in [5, 5.41) is 10.3. The first-order valence-corrected chi connectivity index (χ1v) is 6.59. The number of nitrogens with two attached hydrogens (primary N) is 1. The molecule has 0 radical (unpaired) electrons. The fraction of sp³-hybridized carbons (Fsp3) is 0.500. The molecule has 2 rings (SSSR count). The first-order chi connectivity index (χ1) is 9.11. The molecule has 4 N–H and O–H groups in total. The summed E-state index contributed by atoms with van der Waals surface area (Å²) in [7, 11) is 0. The van der Waals surface area contributed by atoms with E-state index in [9.17, 15) is 9.90 Å². The standard InChI is InChI=1S/C14H21N3O2/c15-16-13(18)10-14(19)6-8-17(9-7-14)11-12-4-2-1-3-5-12/h1-5,19H,6-11,15H2,(H,16,18). The van der Waals surface area contributed by atoms with Crippen LogP contribution >= 0.6 is 0 Å². The predicted molar refractivity (Wildman–Crippen MR) is 72.8 cm³/mol. The lowest BCUT2D eigenvalue weighted by Crippen LogP contribution is -2.47. The monoisotopic (exact) mass is 263 g/mol. The molecule has 5 nitrogen and oxygen atoms in total. The van der Waals surface area contributed by atoms with E-state index >= 15 is 0 Å². The fourth-order valence-electron chi connectivity index (χ4n) is 2.50. The molecule has 0 bridgehead atoms. The molecule has 1 saturated heterocycles. The van der Waals surface area contributed by atoms with E-state index in [1.54, 1.807) is 0 Å². The summed E-state index contributed by atoms with van der Waals surface area (Å²) in [4.78, 5) is 13.5. The fourth-order valence-corrected chi connectivity index (χ4v) is 2.50. The van der Waals surface area contributed by atoms with Crippen LogP contribution < -0.4 is 11.3 Å². The number of nitrogens with one attached hydrogen (secondary N) is 1. The molecule has 1 aliphatic heterocycles. The van der Waals surface area contributed by atoms with Crippen molar-refractivity contribution < 1.29 is 9.90 Å². The Morgan fingerprint density at radius 2 is 1.95 bits per heavy atom. The van der Waals surface area contributed by atoms with Crippen LogP contribution in [0.25, 0.3) is 0 Å². The number of hydrogen-bond donors (Lipinski definition) is 3. The predicted octanol–water partition coefficient (Wildman–Crippen LogP) is 0.394. The Bertz CT molecular complexity index is 414. The summed E-state index contributed by atoms with van der Waals surface area (Å²) in [5.74, 6) is 4.75. The van der Waals surface area contributed by atoms with Crippen molar-refractivity contribution in [1.29, 1.82) is 0 Å². The van der Waals surface area contributed by atoms with E-state index in [0.717, 1.165) is 19.6 Å². The number of likely N-dealkylation sites (tertiary alicyclic amines) is 1. The summed E-state index contributed by atoms with van der Waals surface area (Å²) in [6.45, 7) is 2.48. The van der Waals surface area contributed by atoms with Gasteiger partial charge >= 0.3 is 0 Å². The highest BCUT2D eigenvalue weighted by molar-refractivity contribution is 5.76. The molecule has 1 aromatic carbocycles. The first-order valence-electron chi connectivity index (χ1n) is 6.59. The van der Waals surface area contributed by atoms with Crippen LogP contribution in [-0.2, 0) is 11.3 Å². The average Bonchev–Trinajstić information content (AvgIpc) is 2.42. The molecular formula is C14H21N3O2. The van der Waals surface area contributed by atoms with Crippen LogP contribution in [0.2, 0.25) is 0 Å². The number of piperidine rings is 1. The third-order valence-electron chi connectivity index (χ3n) is 3.69. The van der Waals surface area contributed by atoms with Gasteiger partial charge in [-0.25, -0.2) is 5.84 Å². The lowest BCUT2D eigenvalue weighted by atomic mass is 9.88. The minimum Gasteiger partial charge on any atom is -0.389 e. The minimum absolute atomic E-state index is 0.0860. The molecule has 0 aromatic heterocycles. The maximum Gasteiger partial charge on any atom is 0.236 e. The lowest BCUT2D eigenvalue weighted by Gasteiger charge is -2.37. The zero-order valence-corrected chi connectivity index (χ0v) is 11.0. The van der Waals surface area contributed by atoms with Gasteiger partial charge in [0.2, 0.25) is 5.91 Å². The topological polar surface area (TPSA) is 78.6 Å². The number of carbonyl (C=O) groups is 1. The van der Waals surface area contributed by atoms with Gasteiger partial charge in [0.25, 0.3) is 0 Å². The van der Waals surface area contributed by atoms with Crippen LogP contribution in [0, 0.1) is 0 Å². The molecule has 5 heteroatoms. The van der Waals surface area contributed by atoms with E-state index in [1.165, 1.54) is 5.56 Å². The Morgan fingerprint density at radius 1 is 1.32 bits per heavy atom. The number of hydrogen-bond acceptors (Lipinski definition) is 4. The molecule has 104 valence electrons. The number of benzene rings is 1. The van der Waals surface area contributed by atoms with Crippen molar-refractivity contribution in [2.75, 3.05) is 13.1 Å². The highest BCUT2D eigenvalue weighted by Gasteiger charge is 2.34. The minimum atomic E-state index is -0.906. The van der Waals surface area contributed by atoms with Crippen LogP contribution in [0.1, 0.15) is 24.8 Å². The van der Waals surface area contributed by atoms with Crippen LogP contribution in [0.4, 0.5) is 0 Å². The molecular weight excluding hydrogens is 242 g/mol. The maximum absolute atomic E-state index is 11.2. The van der Waals surface area contributed by atoms with Gasteiger partial charge in [-0.15, -0.1) is 0 Å². The quantitative estimate of drug-likeness (QED) is 0.417. The zero-order chi connectivity index (χ0) is 13.7. The molecule has 0 saturated carbocycles. The zero-order valence-electron chi connectivity index (χ0n) is 11.0. The highest BCUT2D eigenvalue weighted by Crippen LogP contribution is 2.26. The van der Waals surface area contributed by atoms with Crippen molar-refractivity contribution in [2.45, 2.75) is 31.4 Å². The smallest absolute Gasteiger partial charge is 0.236 e. The Hall–Kier alpha value is -1.43. The van der Waals surface area contributed by atoms with Crippen molar-refractivity contribution in [2.24, 2.45) is 5.84 Å². The third-order valence-corrected chi connectivity index (χ3v) is 3.69. The second kappa shape index (κ2) is 6.14. The van der Waals surface area contributed by atoms with E-state index in [0.29, 0.717) is 12.8 Å². The van der Waals surface area contributed by atoms with Crippen LogP contribution in [-0.4, -0.2) is 34.6 Å². The van der Waals surface area contributed by atoms with Gasteiger partial charge in [-0.3, -0.25) is 15.1 Å². The van der Waals surface area contributed by atoms with Gasteiger partial charge < -0.3 is 5.11 Å². The molecule has 1 heterocycles. The van der Waals surface area contributed by atoms with Crippen molar-refractivity contribution >= 4 is 5.91 Å². The van der Waals surface area contributed by atoms with Gasteiger partial charge in [-0.05, 0) is 18.4 Å². The lowest BCUT2D eigenvalue weighted by molar-refractivity contribution is -0.128. The molecule has 1 aromatic rings. The largest absolute Gasteiger partial charge is 0.389 e. The summed E-state index contributed by atoms with van der Waals surface area (Å²) in [6, 6.07) is 10.3. The molecule has 1 fully saturated rings. The van der Waals surface area contributed by atoms with E-state index < -0.39 is 5.60 Å². The molecule has 1 amide bonds. The van der Waals surface area contributed by atoms with E-state index in [2.05, 4.69) is 22.5 Å². The SMILES string of the molecule is NNC(=O)CC1(O)CCN(Cc2ccccc2)CC1. The van der Waals surface area contributed by atoms with Crippen molar-refractivity contribution in [3.63, 3.8) is 0 Å². The number of amides is 1. The summed E-state index contributed by atoms with van der Waals surface area (Å²) in [6.07, 6.45) is 1.29. The van der Waals surface area contributed by atoms with Gasteiger partial charge in [-0.2, -0.15) is 0 Å². The average molecular weight is 263 g/mol. The Balaban J connectivity index is 1.83. The van der Waals surface area contributed by atoms with Gasteiger partial charge in [-0.1, -0.05) is 30.3 Å². The van der Waals surface area contributed by atoms with Crippen LogP contribution in [0.5, 0.6) is 0 Å². The summed E-state index contributed by atoms with van der Waals surface area (Å²) >= 11 is 0. The highest BCUT2D eigenvalue weighted by atomic mass is 16.3. The van der Waals surface area contributed by atoms with Gasteiger partial charge in [0.05, 0.1) is 12.0 Å². The van der Waals surface area contributed by atoms with Crippen molar-refractivity contribution in [3.8, 4) is 0 Å². The molecule has 0 aliphatic carbocycles. The first kappa shape index (κ1) is 14.0. The Kier molecular flexibility index (Phi) is 4.52. The number of carbonyl (C=O) groups excluding carboxylic acids is 1. The molecule has 0 spiro atoms. The van der Waals surface area contributed by atoms with Gasteiger partial charge in [0, 0.05) is 19.6 Å². The van der Waals surface area contributed by atoms with E-state index in [4.69, 9.17) is 5.84 Å². The van der Waals surface area contributed by atoms with Gasteiger partial charge in [0.1, 0.15) is 0 Å². The van der Waals surface area contributed by atoms with Crippen LogP contribution in [0.15, 0.2) is 30.3 Å². The second-order valence-electron chi connectivity index (χ2n) is 5.23. The number of hydrazine groups is 1. The Morgan fingerprint density at radius 3 is 2.53 bits per heavy atom. The summed E-state index contributed by atoms with van der Waals surface area (Å²) in [5.41, 5.74) is 2.44. The van der Waals surface area contributed by atoms with E-state index in [1.807, 2.05) is 18.2 Å². The number of rotatable bonds is 4. The second-order valence-corrected chi connectivity index (χ2v) is 5.23. The normalized spacial score (nSPS) is 19.1. The Labute approximate surface area is 113 Å². The molecule has 19 heavy (non-hydrogen) atoms. The molecule has 0 unspecified atom stereocenters.